The van der Waals surface area contributed by atoms with Crippen molar-refractivity contribution >= 4 is 22.7 Å². The molecule has 0 radical (unpaired) electrons. The van der Waals surface area contributed by atoms with Gasteiger partial charge in [0.15, 0.2) is 0 Å². The summed E-state index contributed by atoms with van der Waals surface area (Å²) in [6.07, 6.45) is 6.74. The van der Waals surface area contributed by atoms with E-state index in [1.807, 2.05) is 66.1 Å². The molecule has 1 aliphatic carbocycles. The number of methoxy groups -OCH3 is 1. The lowest BCUT2D eigenvalue weighted by atomic mass is 9.93. The third-order valence-electron chi connectivity index (χ3n) is 7.49. The van der Waals surface area contributed by atoms with Crippen LogP contribution in [0.15, 0.2) is 54.6 Å². The molecule has 1 N–H and O–H groups in total. The van der Waals surface area contributed by atoms with Crippen molar-refractivity contribution in [1.29, 1.82) is 0 Å². The van der Waals surface area contributed by atoms with Crippen molar-refractivity contribution in [2.45, 2.75) is 70.1 Å². The van der Waals surface area contributed by atoms with Crippen molar-refractivity contribution in [1.82, 2.24) is 14.8 Å². The van der Waals surface area contributed by atoms with E-state index in [4.69, 9.17) is 4.74 Å². The van der Waals surface area contributed by atoms with Gasteiger partial charge in [-0.25, -0.2) is 0 Å². The number of hydrogen-bond acceptors (Lipinski definition) is 3. The van der Waals surface area contributed by atoms with Crippen LogP contribution >= 0.6 is 0 Å². The second-order valence-corrected chi connectivity index (χ2v) is 9.85. The van der Waals surface area contributed by atoms with E-state index in [2.05, 4.69) is 5.32 Å². The van der Waals surface area contributed by atoms with Gasteiger partial charge in [-0.15, -0.1) is 0 Å². The van der Waals surface area contributed by atoms with E-state index in [0.717, 1.165) is 47.9 Å². The molecule has 2 heterocycles. The second kappa shape index (κ2) is 9.16. The highest BCUT2D eigenvalue weighted by Crippen LogP contribution is 2.34. The Balaban J connectivity index is 1.53. The maximum Gasteiger partial charge on any atom is 0.271 e. The van der Waals surface area contributed by atoms with Crippen molar-refractivity contribution in [3.8, 4) is 5.75 Å². The van der Waals surface area contributed by atoms with E-state index in [9.17, 15) is 9.59 Å². The summed E-state index contributed by atoms with van der Waals surface area (Å²) in [5.41, 5.74) is 1.54. The van der Waals surface area contributed by atoms with Gasteiger partial charge in [0.1, 0.15) is 17.0 Å². The lowest BCUT2D eigenvalue weighted by molar-refractivity contribution is -0.134. The molecule has 1 atom stereocenters. The molecule has 178 valence electrons. The van der Waals surface area contributed by atoms with Crippen LogP contribution in [0.25, 0.3) is 10.9 Å². The molecule has 5 rings (SSSR count). The average Bonchev–Trinajstić information content (AvgIpc) is 3.02. The molecule has 1 unspecified atom stereocenters. The molecule has 0 saturated heterocycles. The minimum atomic E-state index is -1.01. The van der Waals surface area contributed by atoms with Crippen LogP contribution in [0, 0.1) is 0 Å². The number of ether oxygens (including phenoxy) is 1. The summed E-state index contributed by atoms with van der Waals surface area (Å²) in [5, 5.41) is 4.34. The molecular formula is C28H33N3O3. The molecule has 6 heteroatoms. The molecule has 3 aromatic rings. The van der Waals surface area contributed by atoms with Crippen molar-refractivity contribution in [3.63, 3.8) is 0 Å². The molecule has 2 aliphatic rings. The largest absolute Gasteiger partial charge is 0.497 e. The maximum atomic E-state index is 13.9. The summed E-state index contributed by atoms with van der Waals surface area (Å²) >= 11 is 0. The molecule has 0 spiro atoms. The lowest BCUT2D eigenvalue weighted by Gasteiger charge is -2.44. The molecule has 1 aromatic heterocycles. The number of rotatable bonds is 5. The summed E-state index contributed by atoms with van der Waals surface area (Å²) in [7, 11) is 1.63. The van der Waals surface area contributed by atoms with E-state index in [0.29, 0.717) is 18.8 Å². The van der Waals surface area contributed by atoms with Crippen LogP contribution in [0.2, 0.25) is 0 Å². The number of nitrogens with zero attached hydrogens (tertiary/aromatic N) is 2. The van der Waals surface area contributed by atoms with Crippen molar-refractivity contribution in [3.05, 3.63) is 65.9 Å². The van der Waals surface area contributed by atoms with Crippen molar-refractivity contribution in [2.75, 3.05) is 7.11 Å². The summed E-state index contributed by atoms with van der Waals surface area (Å²) in [5.74, 6) is 0.545. The third-order valence-corrected chi connectivity index (χ3v) is 7.49. The Bertz CT molecular complexity index is 1210. The normalized spacial score (nSPS) is 21.2. The highest BCUT2D eigenvalue weighted by Gasteiger charge is 2.48. The summed E-state index contributed by atoms with van der Waals surface area (Å²) in [6.45, 7) is 2.67. The quantitative estimate of drug-likeness (QED) is 0.552. The Morgan fingerprint density at radius 1 is 1.06 bits per heavy atom. The Morgan fingerprint density at radius 3 is 2.59 bits per heavy atom. The number of para-hydroxylation sites is 1. The predicted octanol–water partition coefficient (Wildman–Crippen LogP) is 4.90. The number of aromatic nitrogens is 1. The van der Waals surface area contributed by atoms with Crippen molar-refractivity contribution < 1.29 is 14.3 Å². The molecule has 34 heavy (non-hydrogen) atoms. The SMILES string of the molecule is COc1cccc(CN2C(=O)c3cc4ccccc4n3CC2(C)C(=O)NC2CCCCCC2)c1. The van der Waals surface area contributed by atoms with E-state index in [-0.39, 0.29) is 17.9 Å². The number of nitrogens with one attached hydrogen (secondary N) is 1. The fraction of sp³-hybridized carbons (Fsp3) is 0.429. The Kier molecular flexibility index (Phi) is 6.07. The van der Waals surface area contributed by atoms with Gasteiger partial charge in [-0.05, 0) is 49.6 Å². The van der Waals surface area contributed by atoms with Gasteiger partial charge in [0.05, 0.1) is 13.7 Å². The number of fused-ring (bicyclic) bond motifs is 3. The van der Waals surface area contributed by atoms with Crippen LogP contribution in [0.4, 0.5) is 0 Å². The minimum Gasteiger partial charge on any atom is -0.497 e. The van der Waals surface area contributed by atoms with Crippen LogP contribution in [-0.2, 0) is 17.9 Å². The van der Waals surface area contributed by atoms with Crippen LogP contribution in [0.5, 0.6) is 5.75 Å². The molecule has 1 saturated carbocycles. The van der Waals surface area contributed by atoms with Gasteiger partial charge in [0.25, 0.3) is 5.91 Å². The molecule has 2 aromatic carbocycles. The topological polar surface area (TPSA) is 63.6 Å². The lowest BCUT2D eigenvalue weighted by Crippen LogP contribution is -2.64. The van der Waals surface area contributed by atoms with Gasteiger partial charge in [-0.2, -0.15) is 0 Å². The summed E-state index contributed by atoms with van der Waals surface area (Å²) in [4.78, 5) is 29.6. The van der Waals surface area contributed by atoms with Crippen LogP contribution in [0.3, 0.4) is 0 Å². The number of hydrogen-bond donors (Lipinski definition) is 1. The smallest absolute Gasteiger partial charge is 0.271 e. The van der Waals surface area contributed by atoms with Gasteiger partial charge in [-0.3, -0.25) is 9.59 Å². The van der Waals surface area contributed by atoms with Gasteiger partial charge >= 0.3 is 0 Å². The summed E-state index contributed by atoms with van der Waals surface area (Å²) in [6, 6.07) is 17.8. The maximum absolute atomic E-state index is 13.9. The molecule has 6 nitrogen and oxygen atoms in total. The van der Waals surface area contributed by atoms with Gasteiger partial charge in [0, 0.05) is 23.5 Å². The first-order valence-electron chi connectivity index (χ1n) is 12.3. The molecule has 1 fully saturated rings. The zero-order valence-electron chi connectivity index (χ0n) is 20.0. The van der Waals surface area contributed by atoms with Gasteiger partial charge in [0.2, 0.25) is 5.91 Å². The van der Waals surface area contributed by atoms with Gasteiger partial charge in [-0.1, -0.05) is 56.0 Å². The minimum absolute atomic E-state index is 0.0703. The van der Waals surface area contributed by atoms with E-state index >= 15 is 0 Å². The fourth-order valence-electron chi connectivity index (χ4n) is 5.47. The molecule has 1 aliphatic heterocycles. The first kappa shape index (κ1) is 22.5. The predicted molar refractivity (Wildman–Crippen MR) is 133 cm³/mol. The molecule has 2 amide bonds. The fourth-order valence-corrected chi connectivity index (χ4v) is 5.47. The first-order chi connectivity index (χ1) is 16.5. The average molecular weight is 460 g/mol. The van der Waals surface area contributed by atoms with E-state index < -0.39 is 5.54 Å². The zero-order valence-corrected chi connectivity index (χ0v) is 20.0. The number of amides is 2. The standard InChI is InChI=1S/C28H33N3O3/c1-28(27(33)29-22-12-5-3-4-6-13-22)19-30-24-15-8-7-11-21(24)17-25(30)26(32)31(28)18-20-10-9-14-23(16-20)34-2/h7-11,14-17,22H,3-6,12-13,18-19H2,1-2H3,(H,29,33). The highest BCUT2D eigenvalue weighted by molar-refractivity contribution is 6.03. The van der Waals surface area contributed by atoms with Crippen LogP contribution in [-0.4, -0.2) is 40.0 Å². The number of carbonyl (C=O) groups excluding carboxylic acids is 2. The van der Waals surface area contributed by atoms with Crippen LogP contribution < -0.4 is 10.1 Å². The zero-order chi connectivity index (χ0) is 23.7. The third kappa shape index (κ3) is 4.06. The Morgan fingerprint density at radius 2 is 1.82 bits per heavy atom. The van der Waals surface area contributed by atoms with E-state index in [1.165, 1.54) is 12.8 Å². The number of carbonyl (C=O) groups is 2. The van der Waals surface area contributed by atoms with E-state index in [1.54, 1.807) is 12.0 Å². The van der Waals surface area contributed by atoms with Gasteiger partial charge < -0.3 is 19.5 Å². The number of benzene rings is 2. The summed E-state index contributed by atoms with van der Waals surface area (Å²) < 4.78 is 7.41. The van der Waals surface area contributed by atoms with Crippen molar-refractivity contribution in [2.24, 2.45) is 0 Å². The molecular weight excluding hydrogens is 426 g/mol. The highest BCUT2D eigenvalue weighted by atomic mass is 16.5. The Hall–Kier alpha value is -3.28. The second-order valence-electron chi connectivity index (χ2n) is 9.85. The monoisotopic (exact) mass is 459 g/mol. The Labute approximate surface area is 200 Å². The first-order valence-corrected chi connectivity index (χ1v) is 12.3. The van der Waals surface area contributed by atoms with Crippen LogP contribution in [0.1, 0.15) is 61.5 Å². The molecule has 0 bridgehead atoms.